The van der Waals surface area contributed by atoms with Gasteiger partial charge in [0.1, 0.15) is 23.9 Å². The predicted octanol–water partition coefficient (Wildman–Crippen LogP) is 2.04. The van der Waals surface area contributed by atoms with E-state index in [0.29, 0.717) is 17.7 Å². The SMILES string of the molecule is CSCCC(N)C(=O)NC(Cc1ccccc1)C(=O)NC(Cc1ccccc1)C(=O)NC(Cc1ccc(O)cc1)C(=O)O. The number of hydrogen-bond acceptors (Lipinski definition) is 7. The number of phenols is 1. The Labute approximate surface area is 255 Å². The fraction of sp³-hybridized carbons (Fsp3) is 0.312. The maximum atomic E-state index is 13.7. The number of rotatable bonds is 16. The third-order valence-electron chi connectivity index (χ3n) is 6.79. The van der Waals surface area contributed by atoms with Crippen molar-refractivity contribution in [3.05, 3.63) is 102 Å². The topological polar surface area (TPSA) is 171 Å². The van der Waals surface area contributed by atoms with E-state index in [4.69, 9.17) is 5.73 Å². The van der Waals surface area contributed by atoms with Crippen LogP contribution in [0.1, 0.15) is 23.1 Å². The number of aliphatic carboxylic acids is 1. The van der Waals surface area contributed by atoms with Gasteiger partial charge < -0.3 is 31.9 Å². The molecule has 43 heavy (non-hydrogen) atoms. The van der Waals surface area contributed by atoms with E-state index in [9.17, 15) is 29.4 Å². The smallest absolute Gasteiger partial charge is 0.326 e. The van der Waals surface area contributed by atoms with Gasteiger partial charge in [-0.05, 0) is 47.3 Å². The van der Waals surface area contributed by atoms with Crippen LogP contribution in [0.2, 0.25) is 0 Å². The lowest BCUT2D eigenvalue weighted by molar-refractivity contribution is -0.142. The molecule has 0 aromatic heterocycles. The molecule has 3 aromatic carbocycles. The van der Waals surface area contributed by atoms with E-state index in [0.717, 1.165) is 11.1 Å². The summed E-state index contributed by atoms with van der Waals surface area (Å²) in [5.74, 6) is -2.31. The minimum absolute atomic E-state index is 0.0337. The lowest BCUT2D eigenvalue weighted by atomic mass is 10.0. The van der Waals surface area contributed by atoms with Crippen LogP contribution in [0.15, 0.2) is 84.9 Å². The Hall–Kier alpha value is -4.35. The van der Waals surface area contributed by atoms with Crippen molar-refractivity contribution in [2.24, 2.45) is 5.73 Å². The Morgan fingerprint density at radius 2 is 1.09 bits per heavy atom. The Kier molecular flexibility index (Phi) is 13.1. The first kappa shape index (κ1) is 33.2. The molecule has 7 N–H and O–H groups in total. The van der Waals surface area contributed by atoms with Gasteiger partial charge in [0, 0.05) is 19.3 Å². The van der Waals surface area contributed by atoms with Gasteiger partial charge in [0.05, 0.1) is 6.04 Å². The van der Waals surface area contributed by atoms with Gasteiger partial charge in [0.25, 0.3) is 0 Å². The van der Waals surface area contributed by atoms with Gasteiger partial charge in [-0.15, -0.1) is 0 Å². The number of carboxylic acids is 1. The average molecular weight is 607 g/mol. The molecule has 0 heterocycles. The number of aromatic hydroxyl groups is 1. The number of phenolic OH excluding ortho intramolecular Hbond substituents is 1. The largest absolute Gasteiger partial charge is 0.508 e. The quantitative estimate of drug-likeness (QED) is 0.144. The summed E-state index contributed by atoms with van der Waals surface area (Å²) in [5.41, 5.74) is 8.20. The standard InChI is InChI=1S/C32H38N4O6S/c1-43-17-16-25(33)29(38)34-26(18-21-8-4-2-5-9-21)30(39)35-27(19-22-10-6-3-7-11-22)31(40)36-28(32(41)42)20-23-12-14-24(37)15-13-23/h2-15,25-28,37H,16-20,33H2,1H3,(H,34,38)(H,35,39)(H,36,40)(H,41,42). The molecule has 0 aliphatic heterocycles. The molecule has 0 aliphatic rings. The van der Waals surface area contributed by atoms with Crippen LogP contribution >= 0.6 is 11.8 Å². The van der Waals surface area contributed by atoms with Gasteiger partial charge in [-0.1, -0.05) is 72.8 Å². The van der Waals surface area contributed by atoms with Crippen LogP contribution in [-0.4, -0.2) is 70.1 Å². The van der Waals surface area contributed by atoms with E-state index in [1.54, 1.807) is 48.2 Å². The summed E-state index contributed by atoms with van der Waals surface area (Å²) in [6, 6.07) is 19.9. The van der Waals surface area contributed by atoms with E-state index >= 15 is 0 Å². The first-order chi connectivity index (χ1) is 20.7. The molecule has 228 valence electrons. The minimum atomic E-state index is -1.29. The van der Waals surface area contributed by atoms with Gasteiger partial charge in [0.2, 0.25) is 17.7 Å². The van der Waals surface area contributed by atoms with Gasteiger partial charge in [-0.2, -0.15) is 11.8 Å². The number of thioether (sulfide) groups is 1. The van der Waals surface area contributed by atoms with Gasteiger partial charge in [0.15, 0.2) is 0 Å². The van der Waals surface area contributed by atoms with E-state index in [-0.39, 0.29) is 25.0 Å². The lowest BCUT2D eigenvalue weighted by Crippen LogP contribution is -2.58. The fourth-order valence-corrected chi connectivity index (χ4v) is 4.87. The molecule has 0 radical (unpaired) electrons. The van der Waals surface area contributed by atoms with E-state index in [2.05, 4.69) is 16.0 Å². The predicted molar refractivity (Wildman–Crippen MR) is 167 cm³/mol. The minimum Gasteiger partial charge on any atom is -0.508 e. The van der Waals surface area contributed by atoms with Crippen molar-refractivity contribution in [2.75, 3.05) is 12.0 Å². The van der Waals surface area contributed by atoms with Gasteiger partial charge >= 0.3 is 5.97 Å². The number of carboxylic acid groups (broad SMARTS) is 1. The Bertz CT molecular complexity index is 1340. The lowest BCUT2D eigenvalue weighted by Gasteiger charge is -2.25. The first-order valence-electron chi connectivity index (χ1n) is 13.9. The molecule has 3 rings (SSSR count). The molecule has 11 heteroatoms. The third kappa shape index (κ3) is 11.1. The summed E-state index contributed by atoms with van der Waals surface area (Å²) in [7, 11) is 0. The molecule has 0 saturated heterocycles. The average Bonchev–Trinajstić information content (AvgIpc) is 3.00. The second kappa shape index (κ2) is 16.9. The summed E-state index contributed by atoms with van der Waals surface area (Å²) >= 11 is 1.56. The molecule has 0 spiro atoms. The summed E-state index contributed by atoms with van der Waals surface area (Å²) in [5, 5.41) is 27.4. The molecule has 4 atom stereocenters. The van der Waals surface area contributed by atoms with Crippen molar-refractivity contribution in [1.29, 1.82) is 0 Å². The van der Waals surface area contributed by atoms with Crippen LogP contribution in [0.25, 0.3) is 0 Å². The molecule has 0 bridgehead atoms. The van der Waals surface area contributed by atoms with Crippen LogP contribution < -0.4 is 21.7 Å². The van der Waals surface area contributed by atoms with Crippen molar-refractivity contribution in [1.82, 2.24) is 16.0 Å². The van der Waals surface area contributed by atoms with Crippen molar-refractivity contribution in [3.63, 3.8) is 0 Å². The number of nitrogens with two attached hydrogens (primary N) is 1. The van der Waals surface area contributed by atoms with Crippen LogP contribution in [-0.2, 0) is 38.4 Å². The number of benzene rings is 3. The fourth-order valence-electron chi connectivity index (χ4n) is 4.39. The normalized spacial score (nSPS) is 13.6. The zero-order valence-corrected chi connectivity index (χ0v) is 24.8. The van der Waals surface area contributed by atoms with Crippen molar-refractivity contribution >= 4 is 35.5 Å². The number of carbonyl (C=O) groups is 4. The molecule has 0 fully saturated rings. The Morgan fingerprint density at radius 3 is 1.56 bits per heavy atom. The van der Waals surface area contributed by atoms with Crippen LogP contribution in [0.3, 0.4) is 0 Å². The molecule has 3 aromatic rings. The summed E-state index contributed by atoms with van der Waals surface area (Å²) in [6.07, 6.45) is 2.56. The highest BCUT2D eigenvalue weighted by atomic mass is 32.2. The summed E-state index contributed by atoms with van der Waals surface area (Å²) < 4.78 is 0. The monoisotopic (exact) mass is 606 g/mol. The van der Waals surface area contributed by atoms with Crippen molar-refractivity contribution < 1.29 is 29.4 Å². The second-order valence-corrected chi connectivity index (χ2v) is 11.1. The molecule has 0 aliphatic carbocycles. The second-order valence-electron chi connectivity index (χ2n) is 10.2. The number of carbonyl (C=O) groups excluding carboxylic acids is 3. The molecule has 10 nitrogen and oxygen atoms in total. The van der Waals surface area contributed by atoms with Crippen molar-refractivity contribution in [3.8, 4) is 5.75 Å². The first-order valence-corrected chi connectivity index (χ1v) is 15.3. The molecule has 0 saturated carbocycles. The van der Waals surface area contributed by atoms with Gasteiger partial charge in [-0.3, -0.25) is 14.4 Å². The maximum absolute atomic E-state index is 13.7. The maximum Gasteiger partial charge on any atom is 0.326 e. The molecular formula is C32H38N4O6S. The van der Waals surface area contributed by atoms with E-state index < -0.39 is 47.9 Å². The Morgan fingerprint density at radius 1 is 0.674 bits per heavy atom. The highest BCUT2D eigenvalue weighted by Gasteiger charge is 2.31. The zero-order valence-electron chi connectivity index (χ0n) is 23.9. The van der Waals surface area contributed by atoms with E-state index in [1.807, 2.05) is 42.7 Å². The highest BCUT2D eigenvalue weighted by Crippen LogP contribution is 2.13. The summed E-state index contributed by atoms with van der Waals surface area (Å²) in [6.45, 7) is 0. The van der Waals surface area contributed by atoms with Crippen LogP contribution in [0, 0.1) is 0 Å². The highest BCUT2D eigenvalue weighted by molar-refractivity contribution is 7.98. The molecule has 4 unspecified atom stereocenters. The van der Waals surface area contributed by atoms with Gasteiger partial charge in [-0.25, -0.2) is 4.79 Å². The van der Waals surface area contributed by atoms with E-state index in [1.165, 1.54) is 12.1 Å². The Balaban J connectivity index is 1.82. The number of amides is 3. The summed E-state index contributed by atoms with van der Waals surface area (Å²) in [4.78, 5) is 52.2. The van der Waals surface area contributed by atoms with Crippen LogP contribution in [0.5, 0.6) is 5.75 Å². The third-order valence-corrected chi connectivity index (χ3v) is 7.44. The molecule has 3 amide bonds. The zero-order chi connectivity index (χ0) is 31.2. The van der Waals surface area contributed by atoms with Crippen molar-refractivity contribution in [2.45, 2.75) is 49.9 Å². The van der Waals surface area contributed by atoms with Crippen LogP contribution in [0.4, 0.5) is 0 Å². The molecular weight excluding hydrogens is 568 g/mol. The number of hydrogen-bond donors (Lipinski definition) is 6. The number of nitrogens with one attached hydrogen (secondary N) is 3.